The molecule has 262 valence electrons. The molecule has 0 N–H and O–H groups in total. The fraction of sp³-hybridized carbons (Fsp3) is 0.0741. The van der Waals surface area contributed by atoms with Crippen LogP contribution in [0.4, 0.5) is 0 Å². The highest BCUT2D eigenvalue weighted by molar-refractivity contribution is 6.22. The van der Waals surface area contributed by atoms with Crippen molar-refractivity contribution in [1.82, 2.24) is 4.57 Å². The third kappa shape index (κ3) is 5.55. The summed E-state index contributed by atoms with van der Waals surface area (Å²) in [7, 11) is 0. The molecule has 0 amide bonds. The first-order valence-electron chi connectivity index (χ1n) is 19.3. The molecule has 0 aliphatic rings. The molecular weight excluding hydrogens is 663 g/mol. The number of hydrogen-bond acceptors (Lipinski definition) is 0. The molecule has 0 aliphatic carbocycles. The summed E-state index contributed by atoms with van der Waals surface area (Å²) >= 11 is 0. The Morgan fingerprint density at radius 2 is 0.873 bits per heavy atom. The van der Waals surface area contributed by atoms with Gasteiger partial charge >= 0.3 is 0 Å². The average Bonchev–Trinajstić information content (AvgIpc) is 3.56. The first-order valence-corrected chi connectivity index (χ1v) is 19.3. The fourth-order valence-corrected chi connectivity index (χ4v) is 8.66. The fourth-order valence-electron chi connectivity index (χ4n) is 8.66. The summed E-state index contributed by atoms with van der Waals surface area (Å²) in [5.74, 6) is 0. The molecule has 0 bridgehead atoms. The van der Waals surface area contributed by atoms with Crippen molar-refractivity contribution in [3.8, 4) is 50.2 Å². The third-order valence-corrected chi connectivity index (χ3v) is 11.4. The molecule has 0 radical (unpaired) electrons. The van der Waals surface area contributed by atoms with Crippen molar-refractivity contribution in [1.29, 1.82) is 0 Å². The van der Waals surface area contributed by atoms with Gasteiger partial charge in [-0.25, -0.2) is 0 Å². The van der Waals surface area contributed by atoms with Gasteiger partial charge in [0.25, 0.3) is 0 Å². The maximum absolute atomic E-state index is 2.46. The highest BCUT2D eigenvalue weighted by Crippen LogP contribution is 2.47. The van der Waals surface area contributed by atoms with Crippen LogP contribution < -0.4 is 0 Å². The van der Waals surface area contributed by atoms with Crippen LogP contribution in [0.25, 0.3) is 93.5 Å². The highest BCUT2D eigenvalue weighted by Gasteiger charge is 2.22. The van der Waals surface area contributed by atoms with Crippen LogP contribution in [-0.4, -0.2) is 4.57 Å². The number of nitrogens with zero attached hydrogens (tertiary/aromatic N) is 1. The van der Waals surface area contributed by atoms with E-state index in [1.807, 2.05) is 0 Å². The SMILES string of the molecule is CC(C)(C)c1ccc2c(-c3ccc(-n4c5ccccc5c5cc(-c6ccccc6)ccc54)cc3)c3ccccc3c(-c3ccccc3-c3ccccc3)c2c1. The van der Waals surface area contributed by atoms with Gasteiger partial charge in [-0.3, -0.25) is 0 Å². The van der Waals surface area contributed by atoms with Crippen molar-refractivity contribution in [2.75, 3.05) is 0 Å². The molecule has 1 heterocycles. The average molecular weight is 704 g/mol. The van der Waals surface area contributed by atoms with Crippen LogP contribution in [0, 0.1) is 0 Å². The zero-order valence-electron chi connectivity index (χ0n) is 31.4. The monoisotopic (exact) mass is 703 g/mol. The van der Waals surface area contributed by atoms with E-state index in [0.29, 0.717) is 0 Å². The first kappa shape index (κ1) is 32.9. The molecule has 10 aromatic rings. The van der Waals surface area contributed by atoms with Crippen LogP contribution in [-0.2, 0) is 5.41 Å². The summed E-state index contributed by atoms with van der Waals surface area (Å²) < 4.78 is 2.42. The van der Waals surface area contributed by atoms with Crippen LogP contribution in [0.5, 0.6) is 0 Å². The predicted octanol–water partition coefficient (Wildman–Crippen LogP) is 15.1. The predicted molar refractivity (Wildman–Crippen MR) is 236 cm³/mol. The summed E-state index contributed by atoms with van der Waals surface area (Å²) in [6.45, 7) is 6.93. The molecule has 10 rings (SSSR count). The van der Waals surface area contributed by atoms with Crippen molar-refractivity contribution >= 4 is 43.4 Å². The molecule has 0 unspecified atom stereocenters. The van der Waals surface area contributed by atoms with Crippen LogP contribution in [0.2, 0.25) is 0 Å². The minimum atomic E-state index is 0.00202. The smallest absolute Gasteiger partial charge is 0.0541 e. The lowest BCUT2D eigenvalue weighted by atomic mass is 9.80. The van der Waals surface area contributed by atoms with Crippen molar-refractivity contribution in [3.63, 3.8) is 0 Å². The van der Waals surface area contributed by atoms with E-state index in [0.717, 1.165) is 5.69 Å². The zero-order valence-corrected chi connectivity index (χ0v) is 31.4. The van der Waals surface area contributed by atoms with Gasteiger partial charge in [0.2, 0.25) is 0 Å². The molecule has 1 nitrogen and oxygen atoms in total. The van der Waals surface area contributed by atoms with E-state index in [2.05, 4.69) is 219 Å². The Balaban J connectivity index is 1.19. The summed E-state index contributed by atoms with van der Waals surface area (Å²) in [4.78, 5) is 0. The van der Waals surface area contributed by atoms with E-state index in [1.54, 1.807) is 0 Å². The van der Waals surface area contributed by atoms with Crippen molar-refractivity contribution in [3.05, 3.63) is 200 Å². The molecule has 55 heavy (non-hydrogen) atoms. The van der Waals surface area contributed by atoms with Gasteiger partial charge in [-0.15, -0.1) is 0 Å². The Kier molecular flexibility index (Phi) is 7.78. The lowest BCUT2D eigenvalue weighted by Crippen LogP contribution is -2.10. The molecule has 0 fully saturated rings. The molecule has 0 atom stereocenters. The van der Waals surface area contributed by atoms with E-state index < -0.39 is 0 Å². The Morgan fingerprint density at radius 3 is 1.58 bits per heavy atom. The highest BCUT2D eigenvalue weighted by atomic mass is 15.0. The number of fused-ring (bicyclic) bond motifs is 5. The van der Waals surface area contributed by atoms with Crippen molar-refractivity contribution in [2.24, 2.45) is 0 Å². The van der Waals surface area contributed by atoms with E-state index in [1.165, 1.54) is 93.4 Å². The molecule has 1 heteroatoms. The Hall–Kier alpha value is -6.70. The molecular formula is C54H41N. The van der Waals surface area contributed by atoms with Crippen LogP contribution in [0.15, 0.2) is 194 Å². The second-order valence-electron chi connectivity index (χ2n) is 15.7. The molecule has 1 aromatic heterocycles. The Labute approximate surface area is 322 Å². The number of rotatable bonds is 5. The normalized spacial score (nSPS) is 11.9. The molecule has 9 aromatic carbocycles. The summed E-state index contributed by atoms with van der Waals surface area (Å²) in [5, 5.41) is 7.60. The Bertz CT molecular complexity index is 3030. The van der Waals surface area contributed by atoms with Crippen molar-refractivity contribution < 1.29 is 0 Å². The summed E-state index contributed by atoms with van der Waals surface area (Å²) in [5.41, 5.74) is 14.9. The van der Waals surface area contributed by atoms with E-state index in [9.17, 15) is 0 Å². The maximum Gasteiger partial charge on any atom is 0.0541 e. The number of aromatic nitrogens is 1. The number of benzene rings is 9. The standard InChI is InChI=1S/C54H41N/c1-54(2,3)40-29-32-47-49(35-40)53(44-22-11-10-20-42(44)37-18-8-5-9-19-37)46-24-13-12-23-45(46)52(47)38-26-30-41(31-27-38)55-50-25-15-14-21-43(50)48-34-39(28-33-51(48)55)36-16-6-4-7-17-36/h4-35H,1-3H3. The van der Waals surface area contributed by atoms with E-state index in [4.69, 9.17) is 0 Å². The second-order valence-corrected chi connectivity index (χ2v) is 15.7. The minimum absolute atomic E-state index is 0.00202. The van der Waals surface area contributed by atoms with Gasteiger partial charge in [-0.2, -0.15) is 0 Å². The minimum Gasteiger partial charge on any atom is -0.309 e. The largest absolute Gasteiger partial charge is 0.309 e. The van der Waals surface area contributed by atoms with Gasteiger partial charge in [0.15, 0.2) is 0 Å². The van der Waals surface area contributed by atoms with E-state index >= 15 is 0 Å². The Morgan fingerprint density at radius 1 is 0.327 bits per heavy atom. The molecule has 0 spiro atoms. The van der Waals surface area contributed by atoms with Crippen LogP contribution >= 0.6 is 0 Å². The second kappa shape index (κ2) is 13.0. The molecule has 0 saturated heterocycles. The van der Waals surface area contributed by atoms with Gasteiger partial charge in [0, 0.05) is 16.5 Å². The summed E-state index contributed by atoms with van der Waals surface area (Å²) in [6, 6.07) is 71.4. The first-order chi connectivity index (χ1) is 26.9. The van der Waals surface area contributed by atoms with Gasteiger partial charge in [-0.1, -0.05) is 178 Å². The topological polar surface area (TPSA) is 4.93 Å². The van der Waals surface area contributed by atoms with Crippen LogP contribution in [0.3, 0.4) is 0 Å². The lowest BCUT2D eigenvalue weighted by molar-refractivity contribution is 0.591. The van der Waals surface area contributed by atoms with Gasteiger partial charge in [-0.05, 0) is 113 Å². The number of para-hydroxylation sites is 1. The zero-order chi connectivity index (χ0) is 37.1. The molecule has 0 aliphatic heterocycles. The van der Waals surface area contributed by atoms with Gasteiger partial charge < -0.3 is 4.57 Å². The quantitative estimate of drug-likeness (QED) is 0.157. The van der Waals surface area contributed by atoms with E-state index in [-0.39, 0.29) is 5.41 Å². The summed E-state index contributed by atoms with van der Waals surface area (Å²) in [6.07, 6.45) is 0. The number of hydrogen-bond donors (Lipinski definition) is 0. The third-order valence-electron chi connectivity index (χ3n) is 11.4. The van der Waals surface area contributed by atoms with Crippen molar-refractivity contribution in [2.45, 2.75) is 26.2 Å². The van der Waals surface area contributed by atoms with Gasteiger partial charge in [0.05, 0.1) is 11.0 Å². The molecule has 0 saturated carbocycles. The van der Waals surface area contributed by atoms with Gasteiger partial charge in [0.1, 0.15) is 0 Å². The lowest BCUT2D eigenvalue weighted by Gasteiger charge is -2.24. The maximum atomic E-state index is 2.46. The van der Waals surface area contributed by atoms with Crippen LogP contribution in [0.1, 0.15) is 26.3 Å².